The minimum absolute atomic E-state index is 0.334. The van der Waals surface area contributed by atoms with Gasteiger partial charge in [0.15, 0.2) is 5.82 Å². The molecule has 1 N–H and O–H groups in total. The Labute approximate surface area is 194 Å². The molecule has 1 aliphatic rings. The number of halogens is 1. The smallest absolute Gasteiger partial charge is 0.256 e. The van der Waals surface area contributed by atoms with E-state index in [4.69, 9.17) is 0 Å². The van der Waals surface area contributed by atoms with Crippen LogP contribution in [0.2, 0.25) is 0 Å². The number of hydrogen-bond donors (Lipinski definition) is 1. The Hall–Kier alpha value is -2.85. The molecule has 0 radical (unpaired) electrons. The van der Waals surface area contributed by atoms with Gasteiger partial charge in [-0.15, -0.1) is 0 Å². The Morgan fingerprint density at radius 2 is 1.91 bits per heavy atom. The highest BCUT2D eigenvalue weighted by atomic mass is 79.9. The topological polar surface area (TPSA) is 103 Å². The molecular formula is C22H21BrN6O2S. The lowest BCUT2D eigenvalue weighted by atomic mass is 9.97. The van der Waals surface area contributed by atoms with Gasteiger partial charge in [-0.3, -0.25) is 0 Å². The summed E-state index contributed by atoms with van der Waals surface area (Å²) in [5.74, 6) is 1.98. The number of rotatable bonds is 6. The van der Waals surface area contributed by atoms with Crippen molar-refractivity contribution in [2.45, 2.75) is 37.9 Å². The number of nitrogens with zero attached hydrogens (tertiary/aromatic N) is 5. The average molecular weight is 513 g/mol. The van der Waals surface area contributed by atoms with Crippen LogP contribution in [-0.4, -0.2) is 37.8 Å². The Bertz CT molecular complexity index is 1430. The average Bonchev–Trinajstić information content (AvgIpc) is 3.51. The molecule has 10 heteroatoms. The first-order valence-corrected chi connectivity index (χ1v) is 12.6. The summed E-state index contributed by atoms with van der Waals surface area (Å²) >= 11 is 3.60. The van der Waals surface area contributed by atoms with Gasteiger partial charge >= 0.3 is 0 Å². The third kappa shape index (κ3) is 3.88. The van der Waals surface area contributed by atoms with Crippen molar-refractivity contribution in [1.82, 2.24) is 24.1 Å². The first-order chi connectivity index (χ1) is 15.3. The van der Waals surface area contributed by atoms with Crippen LogP contribution in [0.15, 0.2) is 53.5 Å². The molecule has 0 unspecified atom stereocenters. The zero-order valence-electron chi connectivity index (χ0n) is 17.5. The molecule has 1 saturated carbocycles. The maximum Gasteiger partial charge on any atom is 0.256 e. The Kier molecular flexibility index (Phi) is 5.21. The molecule has 0 atom stereocenters. The van der Waals surface area contributed by atoms with Gasteiger partial charge in [0.2, 0.25) is 0 Å². The van der Waals surface area contributed by atoms with Gasteiger partial charge in [0.05, 0.1) is 23.2 Å². The van der Waals surface area contributed by atoms with Gasteiger partial charge in [0.1, 0.15) is 11.6 Å². The van der Waals surface area contributed by atoms with E-state index in [1.165, 1.54) is 18.0 Å². The summed E-state index contributed by atoms with van der Waals surface area (Å²) in [6, 6.07) is 7.92. The molecule has 32 heavy (non-hydrogen) atoms. The molecule has 1 aliphatic carbocycles. The maximum absolute atomic E-state index is 12.4. The fourth-order valence-corrected chi connectivity index (χ4v) is 5.50. The standard InChI is InChI=1S/C22H21BrN6O2S/c1-13(2)16-5-6-19(23)18-11-25-21(9-17(16)18)27-20-7-8-24-22(28-20)14-10-26-29(12-14)32(30,31)15-3-4-15/h5-13,15H,3-4H2,1-2H3,(H,24,25,27,28). The Morgan fingerprint density at radius 1 is 1.09 bits per heavy atom. The summed E-state index contributed by atoms with van der Waals surface area (Å²) in [5.41, 5.74) is 1.77. The van der Waals surface area contributed by atoms with Crippen molar-refractivity contribution in [1.29, 1.82) is 0 Å². The summed E-state index contributed by atoms with van der Waals surface area (Å²) in [5, 5.41) is 9.09. The first-order valence-electron chi connectivity index (χ1n) is 10.3. The van der Waals surface area contributed by atoms with Gasteiger partial charge < -0.3 is 5.32 Å². The highest BCUT2D eigenvalue weighted by Crippen LogP contribution is 2.33. The van der Waals surface area contributed by atoms with Crippen LogP contribution in [0.25, 0.3) is 22.2 Å². The van der Waals surface area contributed by atoms with Crippen molar-refractivity contribution in [3.05, 3.63) is 59.1 Å². The van der Waals surface area contributed by atoms with Crippen molar-refractivity contribution in [3.8, 4) is 11.4 Å². The molecule has 8 nitrogen and oxygen atoms in total. The molecule has 3 heterocycles. The van der Waals surface area contributed by atoms with Crippen molar-refractivity contribution >= 4 is 48.4 Å². The van der Waals surface area contributed by atoms with E-state index in [1.54, 1.807) is 12.3 Å². The second-order valence-corrected chi connectivity index (χ2v) is 11.1. The molecule has 5 rings (SSSR count). The predicted molar refractivity (Wildman–Crippen MR) is 127 cm³/mol. The van der Waals surface area contributed by atoms with Gasteiger partial charge in [-0.25, -0.2) is 23.4 Å². The van der Waals surface area contributed by atoms with E-state index in [9.17, 15) is 8.42 Å². The van der Waals surface area contributed by atoms with Crippen molar-refractivity contribution in [2.24, 2.45) is 0 Å². The summed E-state index contributed by atoms with van der Waals surface area (Å²) in [6.07, 6.45) is 7.76. The number of hydrogen-bond acceptors (Lipinski definition) is 7. The van der Waals surface area contributed by atoms with Gasteiger partial charge in [0.25, 0.3) is 10.0 Å². The van der Waals surface area contributed by atoms with Crippen LogP contribution in [0, 0.1) is 0 Å². The van der Waals surface area contributed by atoms with E-state index in [2.05, 4.69) is 61.2 Å². The van der Waals surface area contributed by atoms with Gasteiger partial charge in [-0.2, -0.15) is 9.19 Å². The van der Waals surface area contributed by atoms with Crippen molar-refractivity contribution in [3.63, 3.8) is 0 Å². The zero-order chi connectivity index (χ0) is 22.5. The molecule has 1 fully saturated rings. The fraction of sp³-hybridized carbons (Fsp3) is 0.273. The molecule has 164 valence electrons. The van der Waals surface area contributed by atoms with E-state index in [0.29, 0.717) is 41.8 Å². The van der Waals surface area contributed by atoms with Gasteiger partial charge in [-0.05, 0) is 47.9 Å². The molecule has 0 aliphatic heterocycles. The third-order valence-electron chi connectivity index (χ3n) is 5.44. The first kappa shape index (κ1) is 21.0. The third-order valence-corrected chi connectivity index (χ3v) is 8.17. The normalized spacial score (nSPS) is 14.2. The van der Waals surface area contributed by atoms with E-state index in [0.717, 1.165) is 19.3 Å². The van der Waals surface area contributed by atoms with E-state index in [1.807, 2.05) is 18.3 Å². The molecule has 0 saturated heterocycles. The number of benzene rings is 1. The van der Waals surface area contributed by atoms with Crippen molar-refractivity contribution < 1.29 is 8.42 Å². The molecule has 0 bridgehead atoms. The SMILES string of the molecule is CC(C)c1ccc(Br)c2cnc(Nc3ccnc(-c4cnn(S(=O)(=O)C5CC5)c4)n3)cc12. The molecule has 3 aromatic heterocycles. The minimum Gasteiger partial charge on any atom is -0.325 e. The van der Waals surface area contributed by atoms with Crippen LogP contribution in [-0.2, 0) is 10.0 Å². The predicted octanol–water partition coefficient (Wildman–Crippen LogP) is 4.86. The number of nitrogens with one attached hydrogen (secondary N) is 1. The summed E-state index contributed by atoms with van der Waals surface area (Å²) in [6.45, 7) is 4.33. The molecule has 1 aromatic carbocycles. The number of fused-ring (bicyclic) bond motifs is 1. The quantitative estimate of drug-likeness (QED) is 0.393. The zero-order valence-corrected chi connectivity index (χ0v) is 19.9. The van der Waals surface area contributed by atoms with Crippen molar-refractivity contribution in [2.75, 3.05) is 5.32 Å². The lowest BCUT2D eigenvalue weighted by Crippen LogP contribution is -2.17. The van der Waals surface area contributed by atoms with Crippen LogP contribution < -0.4 is 5.32 Å². The van der Waals surface area contributed by atoms with Crippen LogP contribution in [0.4, 0.5) is 11.6 Å². The second-order valence-electron chi connectivity index (χ2n) is 8.14. The minimum atomic E-state index is -3.43. The number of aromatic nitrogens is 5. The van der Waals surface area contributed by atoms with Crippen LogP contribution in [0.3, 0.4) is 0 Å². The van der Waals surface area contributed by atoms with E-state index >= 15 is 0 Å². The lowest BCUT2D eigenvalue weighted by molar-refractivity contribution is 0.578. The summed E-state index contributed by atoms with van der Waals surface area (Å²) in [4.78, 5) is 13.3. The Morgan fingerprint density at radius 3 is 2.66 bits per heavy atom. The highest BCUT2D eigenvalue weighted by Gasteiger charge is 2.37. The highest BCUT2D eigenvalue weighted by molar-refractivity contribution is 9.10. The lowest BCUT2D eigenvalue weighted by Gasteiger charge is -2.13. The summed E-state index contributed by atoms with van der Waals surface area (Å²) in [7, 11) is -3.43. The van der Waals surface area contributed by atoms with Gasteiger partial charge in [-0.1, -0.05) is 35.8 Å². The number of pyridine rings is 1. The monoisotopic (exact) mass is 512 g/mol. The van der Waals surface area contributed by atoms with Gasteiger partial charge in [0, 0.05) is 22.3 Å². The fourth-order valence-electron chi connectivity index (χ4n) is 3.58. The van der Waals surface area contributed by atoms with Crippen LogP contribution in [0.1, 0.15) is 38.2 Å². The Balaban J connectivity index is 1.45. The largest absolute Gasteiger partial charge is 0.325 e. The molecule has 4 aromatic rings. The maximum atomic E-state index is 12.4. The second kappa shape index (κ2) is 7.93. The van der Waals surface area contributed by atoms with E-state index in [-0.39, 0.29) is 5.25 Å². The van der Waals surface area contributed by atoms with E-state index < -0.39 is 10.0 Å². The molecule has 0 amide bonds. The number of anilines is 2. The van der Waals surface area contributed by atoms with Crippen LogP contribution >= 0.6 is 15.9 Å². The molecular weight excluding hydrogens is 492 g/mol. The van der Waals surface area contributed by atoms with Crippen LogP contribution in [0.5, 0.6) is 0 Å². The molecule has 0 spiro atoms. The summed E-state index contributed by atoms with van der Waals surface area (Å²) < 4.78 is 26.8.